The first-order valence-corrected chi connectivity index (χ1v) is 5.56. The fraction of sp³-hybridized carbons (Fsp3) is 0.385. The summed E-state index contributed by atoms with van der Waals surface area (Å²) in [4.78, 5) is 0. The van der Waals surface area contributed by atoms with Crippen LogP contribution in [0.3, 0.4) is 0 Å². The molecule has 0 aliphatic rings. The van der Waals surface area contributed by atoms with E-state index in [0.717, 1.165) is 17.7 Å². The molecule has 0 amide bonds. The van der Waals surface area contributed by atoms with Gasteiger partial charge in [-0.05, 0) is 24.1 Å². The topological polar surface area (TPSA) is 34.4 Å². The molecule has 0 atom stereocenters. The minimum Gasteiger partial charge on any atom is -0.497 e. The summed E-state index contributed by atoms with van der Waals surface area (Å²) in [7, 11) is 1.67. The van der Waals surface area contributed by atoms with Crippen LogP contribution in [0.15, 0.2) is 24.4 Å². The maximum atomic E-state index is 9.04. The molecule has 0 unspecified atom stereocenters. The Hall–Kier alpha value is -1.48. The Morgan fingerprint density at radius 3 is 2.81 bits per heavy atom. The van der Waals surface area contributed by atoms with Gasteiger partial charge in [-0.2, -0.15) is 0 Å². The molecule has 3 heteroatoms. The number of fused-ring (bicyclic) bond motifs is 1. The molecule has 2 rings (SSSR count). The highest BCUT2D eigenvalue weighted by atomic mass is 16.5. The first kappa shape index (κ1) is 11.0. The van der Waals surface area contributed by atoms with E-state index in [0.29, 0.717) is 6.54 Å². The second-order valence-corrected chi connectivity index (χ2v) is 3.81. The Labute approximate surface area is 95.3 Å². The van der Waals surface area contributed by atoms with E-state index in [2.05, 4.69) is 23.8 Å². The predicted octanol–water partition coefficient (Wildman–Crippen LogP) is 2.20. The van der Waals surface area contributed by atoms with Crippen LogP contribution in [0.5, 0.6) is 5.75 Å². The monoisotopic (exact) mass is 219 g/mol. The van der Waals surface area contributed by atoms with Gasteiger partial charge in [0.2, 0.25) is 0 Å². The Morgan fingerprint density at radius 2 is 2.19 bits per heavy atom. The lowest BCUT2D eigenvalue weighted by molar-refractivity contribution is 0.278. The van der Waals surface area contributed by atoms with Crippen LogP contribution >= 0.6 is 0 Å². The fourth-order valence-electron chi connectivity index (χ4n) is 2.05. The molecule has 0 aliphatic carbocycles. The van der Waals surface area contributed by atoms with E-state index in [4.69, 9.17) is 9.84 Å². The zero-order chi connectivity index (χ0) is 11.5. The number of nitrogens with zero attached hydrogens (tertiary/aromatic N) is 1. The van der Waals surface area contributed by atoms with Crippen molar-refractivity contribution < 1.29 is 9.84 Å². The number of hydrogen-bond acceptors (Lipinski definition) is 2. The number of benzene rings is 1. The maximum Gasteiger partial charge on any atom is 0.120 e. The normalized spacial score (nSPS) is 10.9. The molecule has 1 aromatic carbocycles. The highest BCUT2D eigenvalue weighted by Gasteiger charge is 2.07. The van der Waals surface area contributed by atoms with Crippen molar-refractivity contribution >= 4 is 10.9 Å². The molecule has 1 N–H and O–H groups in total. The summed E-state index contributed by atoms with van der Waals surface area (Å²) < 4.78 is 7.30. The van der Waals surface area contributed by atoms with E-state index in [-0.39, 0.29) is 6.61 Å². The molecule has 0 saturated heterocycles. The summed E-state index contributed by atoms with van der Waals surface area (Å²) in [5.41, 5.74) is 2.44. The van der Waals surface area contributed by atoms with Gasteiger partial charge in [-0.3, -0.25) is 0 Å². The van der Waals surface area contributed by atoms with Crippen molar-refractivity contribution in [2.24, 2.45) is 0 Å². The number of ether oxygens (including phenoxy) is 1. The molecular formula is C13H17NO2. The van der Waals surface area contributed by atoms with Crippen LogP contribution < -0.4 is 4.74 Å². The lowest BCUT2D eigenvalue weighted by Gasteiger charge is -2.04. The molecule has 16 heavy (non-hydrogen) atoms. The highest BCUT2D eigenvalue weighted by Crippen LogP contribution is 2.26. The number of rotatable bonds is 4. The predicted molar refractivity (Wildman–Crippen MR) is 65.0 cm³/mol. The summed E-state index contributed by atoms with van der Waals surface area (Å²) in [6, 6.07) is 6.08. The number of aryl methyl sites for hydroxylation is 1. The molecule has 0 radical (unpaired) electrons. The summed E-state index contributed by atoms with van der Waals surface area (Å²) in [5, 5.41) is 10.3. The molecule has 1 aromatic heterocycles. The van der Waals surface area contributed by atoms with Crippen molar-refractivity contribution in [3.8, 4) is 5.75 Å². The van der Waals surface area contributed by atoms with Gasteiger partial charge < -0.3 is 14.4 Å². The zero-order valence-corrected chi connectivity index (χ0v) is 9.73. The molecule has 2 aromatic rings. The van der Waals surface area contributed by atoms with Crippen LogP contribution in [0.1, 0.15) is 12.5 Å². The van der Waals surface area contributed by atoms with Crippen molar-refractivity contribution in [2.75, 3.05) is 13.7 Å². The van der Waals surface area contributed by atoms with Crippen molar-refractivity contribution in [1.82, 2.24) is 4.57 Å². The second kappa shape index (κ2) is 4.58. The third-order valence-corrected chi connectivity index (χ3v) is 2.89. The number of aliphatic hydroxyl groups excluding tert-OH is 1. The summed E-state index contributed by atoms with van der Waals surface area (Å²) in [5.74, 6) is 0.854. The van der Waals surface area contributed by atoms with Gasteiger partial charge in [0.05, 0.1) is 19.2 Å². The Kier molecular flexibility index (Phi) is 3.15. The van der Waals surface area contributed by atoms with Crippen LogP contribution in [0.2, 0.25) is 0 Å². The van der Waals surface area contributed by atoms with E-state index in [1.807, 2.05) is 12.1 Å². The van der Waals surface area contributed by atoms with E-state index >= 15 is 0 Å². The third kappa shape index (κ3) is 1.78. The minimum atomic E-state index is 0.157. The first-order valence-electron chi connectivity index (χ1n) is 5.56. The van der Waals surface area contributed by atoms with Gasteiger partial charge >= 0.3 is 0 Å². The van der Waals surface area contributed by atoms with Crippen LogP contribution in [-0.2, 0) is 13.0 Å². The quantitative estimate of drug-likeness (QED) is 0.855. The van der Waals surface area contributed by atoms with Gasteiger partial charge in [0.1, 0.15) is 5.75 Å². The Bertz CT molecular complexity index is 488. The number of hydrogen-bond donors (Lipinski definition) is 1. The van der Waals surface area contributed by atoms with Crippen LogP contribution in [0.4, 0.5) is 0 Å². The Balaban J connectivity index is 2.60. The van der Waals surface area contributed by atoms with Crippen molar-refractivity contribution in [1.29, 1.82) is 0 Å². The molecule has 0 spiro atoms. The lowest BCUT2D eigenvalue weighted by Crippen LogP contribution is -1.99. The van der Waals surface area contributed by atoms with Crippen molar-refractivity contribution in [3.05, 3.63) is 30.0 Å². The number of aliphatic hydroxyl groups is 1. The van der Waals surface area contributed by atoms with Crippen LogP contribution in [0, 0.1) is 0 Å². The van der Waals surface area contributed by atoms with Crippen molar-refractivity contribution in [3.63, 3.8) is 0 Å². The molecular weight excluding hydrogens is 202 g/mol. The average molecular weight is 219 g/mol. The van der Waals surface area contributed by atoms with Gasteiger partial charge in [-0.25, -0.2) is 0 Å². The molecule has 0 bridgehead atoms. The SMILES string of the molecule is CCc1cn(CCO)c2cc(OC)ccc12. The van der Waals surface area contributed by atoms with Gasteiger partial charge in [0.25, 0.3) is 0 Å². The first-order chi connectivity index (χ1) is 7.80. The summed E-state index contributed by atoms with van der Waals surface area (Å²) in [6.07, 6.45) is 3.11. The molecule has 1 heterocycles. The van der Waals surface area contributed by atoms with Gasteiger partial charge in [-0.1, -0.05) is 6.92 Å². The average Bonchev–Trinajstić information content (AvgIpc) is 2.67. The van der Waals surface area contributed by atoms with Gasteiger partial charge in [0, 0.05) is 24.2 Å². The van der Waals surface area contributed by atoms with Gasteiger partial charge in [0.15, 0.2) is 0 Å². The smallest absolute Gasteiger partial charge is 0.120 e. The second-order valence-electron chi connectivity index (χ2n) is 3.81. The van der Waals surface area contributed by atoms with Crippen LogP contribution in [-0.4, -0.2) is 23.4 Å². The molecule has 86 valence electrons. The third-order valence-electron chi connectivity index (χ3n) is 2.89. The van der Waals surface area contributed by atoms with Crippen molar-refractivity contribution in [2.45, 2.75) is 19.9 Å². The van der Waals surface area contributed by atoms with E-state index in [1.165, 1.54) is 10.9 Å². The summed E-state index contributed by atoms with van der Waals surface area (Å²) >= 11 is 0. The maximum absolute atomic E-state index is 9.04. The standard InChI is InChI=1S/C13H17NO2/c1-3-10-9-14(6-7-15)13-8-11(16-2)4-5-12(10)13/h4-5,8-9,15H,3,6-7H2,1-2H3. The molecule has 0 fully saturated rings. The number of aromatic nitrogens is 1. The molecule has 0 aliphatic heterocycles. The molecule has 0 saturated carbocycles. The lowest BCUT2D eigenvalue weighted by atomic mass is 10.1. The largest absolute Gasteiger partial charge is 0.497 e. The van der Waals surface area contributed by atoms with E-state index < -0.39 is 0 Å². The van der Waals surface area contributed by atoms with E-state index in [9.17, 15) is 0 Å². The Morgan fingerprint density at radius 1 is 1.38 bits per heavy atom. The minimum absolute atomic E-state index is 0.157. The number of methoxy groups -OCH3 is 1. The fourth-order valence-corrected chi connectivity index (χ4v) is 2.05. The summed E-state index contributed by atoms with van der Waals surface area (Å²) in [6.45, 7) is 2.93. The van der Waals surface area contributed by atoms with Gasteiger partial charge in [-0.15, -0.1) is 0 Å². The van der Waals surface area contributed by atoms with E-state index in [1.54, 1.807) is 7.11 Å². The van der Waals surface area contributed by atoms with Crippen LogP contribution in [0.25, 0.3) is 10.9 Å². The zero-order valence-electron chi connectivity index (χ0n) is 9.73. The molecule has 3 nitrogen and oxygen atoms in total. The highest BCUT2D eigenvalue weighted by molar-refractivity contribution is 5.85.